The van der Waals surface area contributed by atoms with Gasteiger partial charge in [0.05, 0.1) is 17.1 Å². The Morgan fingerprint density at radius 2 is 1.92 bits per heavy atom. The van der Waals surface area contributed by atoms with Crippen molar-refractivity contribution in [3.8, 4) is 0 Å². The van der Waals surface area contributed by atoms with Crippen LogP contribution in [0.25, 0.3) is 0 Å². The zero-order valence-corrected chi connectivity index (χ0v) is 14.2. The molecule has 3 nitrogen and oxygen atoms in total. The fraction of sp³-hybridized carbons (Fsp3) is 0.111. The summed E-state index contributed by atoms with van der Waals surface area (Å²) in [5.74, 6) is -0.470. The van der Waals surface area contributed by atoms with Crippen molar-refractivity contribution in [1.29, 1.82) is 0 Å². The number of thiazole rings is 1. The van der Waals surface area contributed by atoms with E-state index in [9.17, 15) is 9.18 Å². The summed E-state index contributed by atoms with van der Waals surface area (Å²) >= 11 is 7.53. The third-order valence-electron chi connectivity index (χ3n) is 3.41. The molecule has 0 saturated heterocycles. The van der Waals surface area contributed by atoms with Crippen molar-refractivity contribution in [3.05, 3.63) is 86.6 Å². The predicted octanol–water partition coefficient (Wildman–Crippen LogP) is 4.46. The summed E-state index contributed by atoms with van der Waals surface area (Å²) in [7, 11) is 0. The van der Waals surface area contributed by atoms with Gasteiger partial charge in [-0.3, -0.25) is 4.79 Å². The molecule has 0 aliphatic carbocycles. The summed E-state index contributed by atoms with van der Waals surface area (Å²) in [5, 5.41) is 4.05. The van der Waals surface area contributed by atoms with Gasteiger partial charge in [0.1, 0.15) is 10.8 Å². The van der Waals surface area contributed by atoms with Crippen molar-refractivity contribution in [2.75, 3.05) is 0 Å². The molecule has 2 aromatic carbocycles. The molecule has 24 heavy (non-hydrogen) atoms. The van der Waals surface area contributed by atoms with Gasteiger partial charge in [0.15, 0.2) is 0 Å². The van der Waals surface area contributed by atoms with Crippen molar-refractivity contribution >= 4 is 28.8 Å². The molecule has 1 aromatic heterocycles. The summed E-state index contributed by atoms with van der Waals surface area (Å²) in [6.45, 7) is 0.345. The van der Waals surface area contributed by atoms with Crippen molar-refractivity contribution in [3.63, 3.8) is 0 Å². The Morgan fingerprint density at radius 3 is 2.67 bits per heavy atom. The van der Waals surface area contributed by atoms with Crippen LogP contribution < -0.4 is 5.32 Å². The van der Waals surface area contributed by atoms with E-state index in [-0.39, 0.29) is 11.7 Å². The number of carbonyl (C=O) groups is 1. The Balaban J connectivity index is 1.59. The van der Waals surface area contributed by atoms with E-state index in [4.69, 9.17) is 11.6 Å². The lowest BCUT2D eigenvalue weighted by Gasteiger charge is -2.04. The lowest BCUT2D eigenvalue weighted by Crippen LogP contribution is -2.22. The molecule has 6 heteroatoms. The minimum Gasteiger partial charge on any atom is -0.345 e. The van der Waals surface area contributed by atoms with Crippen LogP contribution in [-0.2, 0) is 13.0 Å². The number of nitrogens with one attached hydrogen (secondary N) is 1. The second kappa shape index (κ2) is 7.55. The summed E-state index contributed by atoms with van der Waals surface area (Å²) < 4.78 is 12.9. The van der Waals surface area contributed by atoms with Gasteiger partial charge in [-0.25, -0.2) is 9.37 Å². The number of nitrogens with zero attached hydrogens (tertiary/aromatic N) is 1. The highest BCUT2D eigenvalue weighted by Crippen LogP contribution is 2.18. The smallest absolute Gasteiger partial charge is 0.253 e. The molecule has 3 aromatic rings. The van der Waals surface area contributed by atoms with Crippen LogP contribution in [0.15, 0.2) is 54.7 Å². The number of aromatic nitrogens is 1. The van der Waals surface area contributed by atoms with Crippen molar-refractivity contribution in [2.45, 2.75) is 13.0 Å². The number of amides is 1. The predicted molar refractivity (Wildman–Crippen MR) is 93.9 cm³/mol. The van der Waals surface area contributed by atoms with Crippen LogP contribution >= 0.6 is 22.9 Å². The van der Waals surface area contributed by atoms with E-state index < -0.39 is 0 Å². The molecule has 0 fully saturated rings. The quantitative estimate of drug-likeness (QED) is 0.730. The summed E-state index contributed by atoms with van der Waals surface area (Å²) in [5.41, 5.74) is 1.47. The maximum Gasteiger partial charge on any atom is 0.253 e. The highest BCUT2D eigenvalue weighted by atomic mass is 35.5. The van der Waals surface area contributed by atoms with Crippen LogP contribution in [0.2, 0.25) is 5.02 Å². The highest BCUT2D eigenvalue weighted by molar-refractivity contribution is 7.11. The Morgan fingerprint density at radius 1 is 1.17 bits per heavy atom. The summed E-state index contributed by atoms with van der Waals surface area (Å²) in [4.78, 5) is 17.5. The molecule has 1 amide bonds. The molecule has 0 radical (unpaired) electrons. The molecule has 0 bridgehead atoms. The fourth-order valence-corrected chi connectivity index (χ4v) is 3.33. The van der Waals surface area contributed by atoms with Crippen molar-refractivity contribution < 1.29 is 9.18 Å². The van der Waals surface area contributed by atoms with Gasteiger partial charge in [-0.15, -0.1) is 11.3 Å². The molecule has 1 N–H and O–H groups in total. The zero-order chi connectivity index (χ0) is 16.9. The van der Waals surface area contributed by atoms with E-state index in [1.54, 1.807) is 42.6 Å². The van der Waals surface area contributed by atoms with Crippen molar-refractivity contribution in [2.24, 2.45) is 0 Å². The van der Waals surface area contributed by atoms with E-state index in [0.717, 1.165) is 15.4 Å². The van der Waals surface area contributed by atoms with Crippen LogP contribution in [0, 0.1) is 5.82 Å². The van der Waals surface area contributed by atoms with Crippen LogP contribution in [0.5, 0.6) is 0 Å². The maximum absolute atomic E-state index is 12.9. The minimum absolute atomic E-state index is 0.226. The third kappa shape index (κ3) is 4.19. The Labute approximate surface area is 148 Å². The highest BCUT2D eigenvalue weighted by Gasteiger charge is 2.10. The van der Waals surface area contributed by atoms with E-state index in [0.29, 0.717) is 23.6 Å². The molecule has 0 spiro atoms. The first kappa shape index (κ1) is 16.6. The summed E-state index contributed by atoms with van der Waals surface area (Å²) in [6, 6.07) is 13.3. The van der Waals surface area contributed by atoms with Crippen LogP contribution in [0.1, 0.15) is 25.8 Å². The SMILES string of the molecule is O=C(NCc1ncc(Cc2ccc(F)cc2)s1)c1ccccc1Cl. The topological polar surface area (TPSA) is 42.0 Å². The number of benzene rings is 2. The van der Waals surface area contributed by atoms with Crippen LogP contribution in [0.3, 0.4) is 0 Å². The molecule has 0 atom stereocenters. The van der Waals surface area contributed by atoms with Gasteiger partial charge < -0.3 is 5.32 Å². The van der Waals surface area contributed by atoms with Gasteiger partial charge in [0.2, 0.25) is 0 Å². The molecule has 1 heterocycles. The van der Waals surface area contributed by atoms with Gasteiger partial charge in [-0.05, 0) is 29.8 Å². The standard InChI is InChI=1S/C18H14ClFN2OS/c19-16-4-2-1-3-15(16)18(23)22-11-17-21-10-14(24-17)9-12-5-7-13(20)8-6-12/h1-8,10H,9,11H2,(H,22,23). The van der Waals surface area contributed by atoms with Crippen LogP contribution in [0.4, 0.5) is 4.39 Å². The largest absolute Gasteiger partial charge is 0.345 e. The molecule has 0 aliphatic rings. The Bertz CT molecular complexity index is 848. The number of carbonyl (C=O) groups excluding carboxylic acids is 1. The van der Waals surface area contributed by atoms with E-state index in [1.807, 2.05) is 0 Å². The number of rotatable bonds is 5. The molecular formula is C18H14ClFN2OS. The first-order valence-corrected chi connectivity index (χ1v) is 8.52. The zero-order valence-electron chi connectivity index (χ0n) is 12.6. The lowest BCUT2D eigenvalue weighted by atomic mass is 10.1. The van der Waals surface area contributed by atoms with E-state index in [2.05, 4.69) is 10.3 Å². The van der Waals surface area contributed by atoms with Crippen LogP contribution in [-0.4, -0.2) is 10.9 Å². The Hall–Kier alpha value is -2.24. The number of halogens is 2. The van der Waals surface area contributed by atoms with Gasteiger partial charge in [-0.1, -0.05) is 35.9 Å². The minimum atomic E-state index is -0.244. The first-order chi connectivity index (χ1) is 11.6. The number of hydrogen-bond acceptors (Lipinski definition) is 3. The lowest BCUT2D eigenvalue weighted by molar-refractivity contribution is 0.0951. The van der Waals surface area contributed by atoms with Gasteiger partial charge in [0, 0.05) is 17.5 Å². The number of hydrogen-bond donors (Lipinski definition) is 1. The third-order valence-corrected chi connectivity index (χ3v) is 4.74. The monoisotopic (exact) mass is 360 g/mol. The average molecular weight is 361 g/mol. The molecule has 0 aliphatic heterocycles. The molecule has 0 unspecified atom stereocenters. The fourth-order valence-electron chi connectivity index (χ4n) is 2.21. The second-order valence-corrected chi connectivity index (χ2v) is 6.79. The first-order valence-electron chi connectivity index (χ1n) is 7.32. The summed E-state index contributed by atoms with van der Waals surface area (Å²) in [6.07, 6.45) is 2.47. The molecule has 3 rings (SSSR count). The molecule has 0 saturated carbocycles. The van der Waals surface area contributed by atoms with E-state index >= 15 is 0 Å². The maximum atomic E-state index is 12.9. The normalized spacial score (nSPS) is 10.6. The molecule has 122 valence electrons. The van der Waals surface area contributed by atoms with Gasteiger partial charge in [-0.2, -0.15) is 0 Å². The van der Waals surface area contributed by atoms with E-state index in [1.165, 1.54) is 23.5 Å². The van der Waals surface area contributed by atoms with Gasteiger partial charge >= 0.3 is 0 Å². The van der Waals surface area contributed by atoms with Crippen molar-refractivity contribution in [1.82, 2.24) is 10.3 Å². The Kier molecular flexibility index (Phi) is 5.23. The average Bonchev–Trinajstić information content (AvgIpc) is 3.03. The second-order valence-electron chi connectivity index (χ2n) is 5.19. The van der Waals surface area contributed by atoms with Gasteiger partial charge in [0.25, 0.3) is 5.91 Å². The molecular weight excluding hydrogens is 347 g/mol.